The van der Waals surface area contributed by atoms with Crippen LogP contribution in [0.4, 0.5) is 0 Å². The predicted octanol–water partition coefficient (Wildman–Crippen LogP) is 0.660. The second-order valence-electron chi connectivity index (χ2n) is 3.95. The molecular weight excluding hydrogens is 188 g/mol. The van der Waals surface area contributed by atoms with E-state index in [2.05, 4.69) is 27.1 Å². The van der Waals surface area contributed by atoms with Crippen LogP contribution in [-0.4, -0.2) is 40.5 Å². The van der Waals surface area contributed by atoms with Crippen molar-refractivity contribution >= 4 is 0 Å². The van der Waals surface area contributed by atoms with Crippen LogP contribution in [0.1, 0.15) is 19.2 Å². The van der Waals surface area contributed by atoms with Gasteiger partial charge in [0.1, 0.15) is 5.82 Å². The van der Waals surface area contributed by atoms with E-state index in [1.54, 1.807) is 0 Å². The van der Waals surface area contributed by atoms with Crippen molar-refractivity contribution < 1.29 is 0 Å². The average Bonchev–Trinajstić information content (AvgIpc) is 2.17. The van der Waals surface area contributed by atoms with E-state index in [4.69, 9.17) is 0 Å². The van der Waals surface area contributed by atoms with Crippen molar-refractivity contribution in [2.75, 3.05) is 19.6 Å². The minimum absolute atomic E-state index is 0.675. The van der Waals surface area contributed by atoms with Gasteiger partial charge in [-0.05, 0) is 19.0 Å². The maximum Gasteiger partial charge on any atom is 0.142 e. The highest BCUT2D eigenvalue weighted by molar-refractivity contribution is 4.92. The van der Waals surface area contributed by atoms with Crippen LogP contribution in [0.2, 0.25) is 0 Å². The van der Waals surface area contributed by atoms with Gasteiger partial charge in [-0.2, -0.15) is 0 Å². The molecule has 1 aromatic heterocycles. The number of rotatable bonds is 5. The first-order valence-corrected chi connectivity index (χ1v) is 5.61. The van der Waals surface area contributed by atoms with E-state index >= 15 is 0 Å². The zero-order chi connectivity index (χ0) is 10.5. The summed E-state index contributed by atoms with van der Waals surface area (Å²) in [5.74, 6) is 0.929. The Morgan fingerprint density at radius 2 is 2.13 bits per heavy atom. The smallest absolute Gasteiger partial charge is 0.142 e. The topological polar surface area (TPSA) is 41.1 Å². The molecule has 15 heavy (non-hydrogen) atoms. The van der Waals surface area contributed by atoms with Crippen molar-refractivity contribution in [3.05, 3.63) is 24.3 Å². The molecular formula is C11H18N4. The van der Waals surface area contributed by atoms with Crippen LogP contribution in [-0.2, 0) is 6.54 Å². The average molecular weight is 206 g/mol. The van der Waals surface area contributed by atoms with Crippen LogP contribution in [0, 0.1) is 0 Å². The van der Waals surface area contributed by atoms with E-state index in [0.29, 0.717) is 6.04 Å². The second kappa shape index (κ2) is 5.19. The van der Waals surface area contributed by atoms with Gasteiger partial charge in [0.05, 0.1) is 6.54 Å². The standard InChI is InChI=1S/C11H18N4/c1-2-6-15(10-7-12-8-10)9-11-13-4-3-5-14-11/h3-5,10,12H,2,6-9H2,1H3. The number of hydrogen-bond acceptors (Lipinski definition) is 4. The molecule has 0 unspecified atom stereocenters. The van der Waals surface area contributed by atoms with Gasteiger partial charge in [0.25, 0.3) is 0 Å². The number of nitrogens with zero attached hydrogens (tertiary/aromatic N) is 3. The maximum atomic E-state index is 4.27. The summed E-state index contributed by atoms with van der Waals surface area (Å²) in [5, 5.41) is 3.30. The highest BCUT2D eigenvalue weighted by Crippen LogP contribution is 2.09. The number of hydrogen-bond donors (Lipinski definition) is 1. The highest BCUT2D eigenvalue weighted by Gasteiger charge is 2.24. The van der Waals surface area contributed by atoms with Gasteiger partial charge < -0.3 is 5.32 Å². The van der Waals surface area contributed by atoms with Crippen molar-refractivity contribution in [2.45, 2.75) is 25.9 Å². The third-order valence-corrected chi connectivity index (χ3v) is 2.75. The molecule has 0 spiro atoms. The van der Waals surface area contributed by atoms with Crippen LogP contribution in [0.3, 0.4) is 0 Å². The molecule has 4 heteroatoms. The van der Waals surface area contributed by atoms with Gasteiger partial charge in [-0.25, -0.2) is 9.97 Å². The normalized spacial score (nSPS) is 16.7. The van der Waals surface area contributed by atoms with E-state index in [1.807, 2.05) is 18.5 Å². The largest absolute Gasteiger partial charge is 0.314 e. The van der Waals surface area contributed by atoms with E-state index in [0.717, 1.165) is 32.0 Å². The Morgan fingerprint density at radius 3 is 2.67 bits per heavy atom. The van der Waals surface area contributed by atoms with Gasteiger partial charge in [0, 0.05) is 31.5 Å². The van der Waals surface area contributed by atoms with Gasteiger partial charge >= 0.3 is 0 Å². The van der Waals surface area contributed by atoms with Crippen molar-refractivity contribution in [2.24, 2.45) is 0 Å². The molecule has 0 amide bonds. The zero-order valence-corrected chi connectivity index (χ0v) is 9.19. The summed E-state index contributed by atoms with van der Waals surface area (Å²) in [4.78, 5) is 11.0. The summed E-state index contributed by atoms with van der Waals surface area (Å²) in [6.45, 7) is 6.43. The Hall–Kier alpha value is -1.00. The van der Waals surface area contributed by atoms with Gasteiger partial charge in [-0.1, -0.05) is 6.92 Å². The molecule has 1 saturated heterocycles. The number of nitrogens with one attached hydrogen (secondary N) is 1. The molecule has 0 aliphatic carbocycles. The Balaban J connectivity index is 1.93. The molecule has 1 fully saturated rings. The Kier molecular flexibility index (Phi) is 3.64. The predicted molar refractivity (Wildman–Crippen MR) is 59.4 cm³/mol. The molecule has 2 rings (SSSR count). The SMILES string of the molecule is CCCN(Cc1ncccn1)C1CNC1. The molecule has 4 nitrogen and oxygen atoms in total. The van der Waals surface area contributed by atoms with Gasteiger partial charge in [-0.3, -0.25) is 4.90 Å². The molecule has 0 bridgehead atoms. The summed E-state index contributed by atoms with van der Waals surface area (Å²) in [6, 6.07) is 2.53. The maximum absolute atomic E-state index is 4.27. The lowest BCUT2D eigenvalue weighted by Gasteiger charge is -2.37. The zero-order valence-electron chi connectivity index (χ0n) is 9.19. The summed E-state index contributed by atoms with van der Waals surface area (Å²) in [6.07, 6.45) is 4.81. The molecule has 0 radical (unpaired) electrons. The molecule has 1 N–H and O–H groups in total. The van der Waals surface area contributed by atoms with Crippen molar-refractivity contribution in [1.82, 2.24) is 20.2 Å². The first kappa shape index (κ1) is 10.5. The van der Waals surface area contributed by atoms with Crippen LogP contribution in [0.25, 0.3) is 0 Å². The lowest BCUT2D eigenvalue weighted by Crippen LogP contribution is -2.57. The molecule has 2 heterocycles. The summed E-state index contributed by atoms with van der Waals surface area (Å²) in [7, 11) is 0. The fraction of sp³-hybridized carbons (Fsp3) is 0.636. The lowest BCUT2D eigenvalue weighted by atomic mass is 10.1. The Bertz CT molecular complexity index is 284. The van der Waals surface area contributed by atoms with Crippen LogP contribution in [0.5, 0.6) is 0 Å². The quantitative estimate of drug-likeness (QED) is 0.768. The Morgan fingerprint density at radius 1 is 1.40 bits per heavy atom. The molecule has 0 saturated carbocycles. The summed E-state index contributed by atoms with van der Waals surface area (Å²) >= 11 is 0. The van der Waals surface area contributed by atoms with Gasteiger partial charge in [0.15, 0.2) is 0 Å². The summed E-state index contributed by atoms with van der Waals surface area (Å²) in [5.41, 5.74) is 0. The third kappa shape index (κ3) is 2.73. The minimum Gasteiger partial charge on any atom is -0.314 e. The highest BCUT2D eigenvalue weighted by atomic mass is 15.2. The van der Waals surface area contributed by atoms with Gasteiger partial charge in [-0.15, -0.1) is 0 Å². The fourth-order valence-corrected chi connectivity index (χ4v) is 1.80. The molecule has 0 atom stereocenters. The van der Waals surface area contributed by atoms with Crippen LogP contribution >= 0.6 is 0 Å². The molecule has 1 aliphatic heterocycles. The first-order valence-electron chi connectivity index (χ1n) is 5.61. The Labute approximate surface area is 90.7 Å². The minimum atomic E-state index is 0.675. The van der Waals surface area contributed by atoms with E-state index in [1.165, 1.54) is 6.42 Å². The van der Waals surface area contributed by atoms with E-state index in [-0.39, 0.29) is 0 Å². The summed E-state index contributed by atoms with van der Waals surface area (Å²) < 4.78 is 0. The van der Waals surface area contributed by atoms with E-state index < -0.39 is 0 Å². The monoisotopic (exact) mass is 206 g/mol. The van der Waals surface area contributed by atoms with Gasteiger partial charge in [0.2, 0.25) is 0 Å². The molecule has 1 aliphatic rings. The lowest BCUT2D eigenvalue weighted by molar-refractivity contribution is 0.134. The molecule has 1 aromatic rings. The molecule has 82 valence electrons. The van der Waals surface area contributed by atoms with Crippen LogP contribution < -0.4 is 5.32 Å². The van der Waals surface area contributed by atoms with Crippen molar-refractivity contribution in [3.63, 3.8) is 0 Å². The first-order chi connectivity index (χ1) is 7.40. The third-order valence-electron chi connectivity index (χ3n) is 2.75. The van der Waals surface area contributed by atoms with Crippen LogP contribution in [0.15, 0.2) is 18.5 Å². The van der Waals surface area contributed by atoms with Crippen molar-refractivity contribution in [3.8, 4) is 0 Å². The van der Waals surface area contributed by atoms with Crippen molar-refractivity contribution in [1.29, 1.82) is 0 Å². The fourth-order valence-electron chi connectivity index (χ4n) is 1.80. The second-order valence-corrected chi connectivity index (χ2v) is 3.95. The van der Waals surface area contributed by atoms with E-state index in [9.17, 15) is 0 Å². The number of aromatic nitrogens is 2. The molecule has 0 aromatic carbocycles.